The van der Waals surface area contributed by atoms with E-state index in [0.29, 0.717) is 23.5 Å². The summed E-state index contributed by atoms with van der Waals surface area (Å²) in [6.45, 7) is 7.27. The molecule has 0 saturated heterocycles. The summed E-state index contributed by atoms with van der Waals surface area (Å²) in [5.74, 6) is -0.344. The van der Waals surface area contributed by atoms with Gasteiger partial charge >= 0.3 is 6.09 Å². The summed E-state index contributed by atoms with van der Waals surface area (Å²) in [6, 6.07) is 12.3. The van der Waals surface area contributed by atoms with E-state index >= 15 is 0 Å². The van der Waals surface area contributed by atoms with Gasteiger partial charge in [0.2, 0.25) is 15.9 Å². The predicted molar refractivity (Wildman–Crippen MR) is 120 cm³/mol. The van der Waals surface area contributed by atoms with Gasteiger partial charge in [0, 0.05) is 13.5 Å². The Hall–Kier alpha value is -2.91. The Bertz CT molecular complexity index is 1100. The van der Waals surface area contributed by atoms with Crippen molar-refractivity contribution in [2.24, 2.45) is 5.14 Å². The number of sulfonamides is 1. The second-order valence-corrected chi connectivity index (χ2v) is 9.60. The second kappa shape index (κ2) is 8.68. The molecule has 1 heterocycles. The molecule has 0 bridgehead atoms. The molecule has 2 aromatic carbocycles. The topological polar surface area (TPSA) is 110 Å². The van der Waals surface area contributed by atoms with Crippen molar-refractivity contribution in [2.45, 2.75) is 45.6 Å². The quantitative estimate of drug-likeness (QED) is 0.777. The fourth-order valence-electron chi connectivity index (χ4n) is 3.75. The molecule has 0 fully saturated rings. The number of rotatable bonds is 4. The molecule has 8 nitrogen and oxygen atoms in total. The first-order valence-electron chi connectivity index (χ1n) is 9.98. The van der Waals surface area contributed by atoms with Crippen LogP contribution >= 0.6 is 0 Å². The standard InChI is InChI=1S/C22H27N3O5S/c1-14(2)30-22(27)24-12-15(3)25(16(4)26)20-10-9-19(11-21(20)24)18-7-5-17(6-8-18)13-31(23,28)29/h5-11,14-15H,12-13H2,1-4H3,(H2,23,28,29)/t15-/m0/s1. The van der Waals surface area contributed by atoms with Crippen LogP contribution in [0.2, 0.25) is 0 Å². The van der Waals surface area contributed by atoms with Gasteiger partial charge in [0.1, 0.15) is 0 Å². The molecular formula is C22H27N3O5S. The lowest BCUT2D eigenvalue weighted by molar-refractivity contribution is -0.117. The molecule has 0 unspecified atom stereocenters. The third-order valence-electron chi connectivity index (χ3n) is 4.96. The third-order valence-corrected chi connectivity index (χ3v) is 5.70. The van der Waals surface area contributed by atoms with Crippen LogP contribution in [0.25, 0.3) is 11.1 Å². The molecule has 3 rings (SSSR count). The van der Waals surface area contributed by atoms with Crippen molar-refractivity contribution in [3.63, 3.8) is 0 Å². The van der Waals surface area contributed by atoms with Crippen molar-refractivity contribution in [1.29, 1.82) is 0 Å². The third kappa shape index (κ3) is 5.23. The Morgan fingerprint density at radius 1 is 1.10 bits per heavy atom. The van der Waals surface area contributed by atoms with E-state index in [-0.39, 0.29) is 23.8 Å². The molecule has 0 saturated carbocycles. The molecule has 0 aliphatic carbocycles. The van der Waals surface area contributed by atoms with Gasteiger partial charge in [-0.2, -0.15) is 0 Å². The van der Waals surface area contributed by atoms with Crippen LogP contribution in [0.5, 0.6) is 0 Å². The van der Waals surface area contributed by atoms with Crippen LogP contribution in [0, 0.1) is 0 Å². The minimum Gasteiger partial charge on any atom is -0.446 e. The van der Waals surface area contributed by atoms with E-state index < -0.39 is 16.1 Å². The summed E-state index contributed by atoms with van der Waals surface area (Å²) in [5, 5.41) is 5.11. The zero-order valence-electron chi connectivity index (χ0n) is 18.0. The van der Waals surface area contributed by atoms with Crippen LogP contribution < -0.4 is 14.9 Å². The summed E-state index contributed by atoms with van der Waals surface area (Å²) < 4.78 is 28.0. The summed E-state index contributed by atoms with van der Waals surface area (Å²) in [5.41, 5.74) is 3.47. The number of anilines is 2. The van der Waals surface area contributed by atoms with Gasteiger partial charge in [0.15, 0.2) is 0 Å². The Morgan fingerprint density at radius 2 is 1.71 bits per heavy atom. The molecule has 1 atom stereocenters. The van der Waals surface area contributed by atoms with Crippen molar-refractivity contribution in [3.05, 3.63) is 48.0 Å². The highest BCUT2D eigenvalue weighted by atomic mass is 32.2. The largest absolute Gasteiger partial charge is 0.446 e. The number of fused-ring (bicyclic) bond motifs is 1. The average molecular weight is 446 g/mol. The number of primary sulfonamides is 1. The van der Waals surface area contributed by atoms with Gasteiger partial charge in [0.25, 0.3) is 0 Å². The van der Waals surface area contributed by atoms with Gasteiger partial charge in [-0.05, 0) is 49.6 Å². The maximum Gasteiger partial charge on any atom is 0.414 e. The summed E-state index contributed by atoms with van der Waals surface area (Å²) in [7, 11) is -3.61. The van der Waals surface area contributed by atoms with Crippen LogP contribution in [-0.2, 0) is 25.3 Å². The molecule has 166 valence electrons. The first kappa shape index (κ1) is 22.8. The molecular weight excluding hydrogens is 418 g/mol. The fourth-order valence-corrected chi connectivity index (χ4v) is 4.41. The van der Waals surface area contributed by atoms with Crippen molar-refractivity contribution >= 4 is 33.4 Å². The summed E-state index contributed by atoms with van der Waals surface area (Å²) in [4.78, 5) is 28.2. The van der Waals surface area contributed by atoms with Crippen molar-refractivity contribution in [2.75, 3.05) is 16.3 Å². The number of hydrogen-bond acceptors (Lipinski definition) is 5. The molecule has 0 aromatic heterocycles. The number of ether oxygens (including phenoxy) is 1. The Morgan fingerprint density at radius 3 is 2.26 bits per heavy atom. The van der Waals surface area contributed by atoms with Crippen LogP contribution in [0.4, 0.5) is 16.2 Å². The highest BCUT2D eigenvalue weighted by Crippen LogP contribution is 2.39. The zero-order valence-corrected chi connectivity index (χ0v) is 18.8. The maximum absolute atomic E-state index is 12.8. The fraction of sp³-hybridized carbons (Fsp3) is 0.364. The van der Waals surface area contributed by atoms with Crippen LogP contribution in [0.15, 0.2) is 42.5 Å². The minimum atomic E-state index is -3.61. The predicted octanol–water partition coefficient (Wildman–Crippen LogP) is 3.25. The van der Waals surface area contributed by atoms with Gasteiger partial charge in [-0.3, -0.25) is 9.69 Å². The number of carbonyl (C=O) groups is 2. The molecule has 2 amide bonds. The monoisotopic (exact) mass is 445 g/mol. The lowest BCUT2D eigenvalue weighted by atomic mass is 10.00. The number of nitrogens with two attached hydrogens (primary N) is 1. The van der Waals surface area contributed by atoms with Crippen molar-refractivity contribution in [1.82, 2.24) is 0 Å². The number of hydrogen-bond donors (Lipinski definition) is 1. The molecule has 9 heteroatoms. The van der Waals surface area contributed by atoms with E-state index in [1.54, 1.807) is 47.9 Å². The number of benzene rings is 2. The van der Waals surface area contributed by atoms with Crippen molar-refractivity contribution in [3.8, 4) is 11.1 Å². The smallest absolute Gasteiger partial charge is 0.414 e. The van der Waals surface area contributed by atoms with E-state index in [4.69, 9.17) is 9.88 Å². The van der Waals surface area contributed by atoms with E-state index in [1.807, 2.05) is 25.1 Å². The number of amides is 2. The minimum absolute atomic E-state index is 0.106. The van der Waals surface area contributed by atoms with E-state index in [2.05, 4.69) is 0 Å². The van der Waals surface area contributed by atoms with Gasteiger partial charge < -0.3 is 9.64 Å². The second-order valence-electron chi connectivity index (χ2n) is 7.99. The van der Waals surface area contributed by atoms with Gasteiger partial charge in [0.05, 0.1) is 29.3 Å². The van der Waals surface area contributed by atoms with Crippen LogP contribution in [0.1, 0.15) is 33.3 Å². The first-order valence-corrected chi connectivity index (χ1v) is 11.7. The highest BCUT2D eigenvalue weighted by Gasteiger charge is 2.34. The normalized spacial score (nSPS) is 16.3. The highest BCUT2D eigenvalue weighted by molar-refractivity contribution is 7.88. The average Bonchev–Trinajstić information content (AvgIpc) is 2.65. The SMILES string of the molecule is CC(=O)N1c2ccc(-c3ccc(CS(N)(=O)=O)cc3)cc2N(C(=O)OC(C)C)C[C@@H]1C. The lowest BCUT2D eigenvalue weighted by Gasteiger charge is -2.40. The first-order chi connectivity index (χ1) is 14.5. The zero-order chi connectivity index (χ0) is 22.9. The van der Waals surface area contributed by atoms with Gasteiger partial charge in [-0.15, -0.1) is 0 Å². The molecule has 31 heavy (non-hydrogen) atoms. The molecule has 0 spiro atoms. The Balaban J connectivity index is 2.03. The summed E-state index contributed by atoms with van der Waals surface area (Å²) >= 11 is 0. The lowest BCUT2D eigenvalue weighted by Crippen LogP contribution is -2.51. The molecule has 2 aromatic rings. The molecule has 0 radical (unpaired) electrons. The van der Waals surface area contributed by atoms with E-state index in [0.717, 1.165) is 11.1 Å². The van der Waals surface area contributed by atoms with Crippen molar-refractivity contribution < 1.29 is 22.7 Å². The Kier molecular flexibility index (Phi) is 6.38. The van der Waals surface area contributed by atoms with E-state index in [1.165, 1.54) is 6.92 Å². The molecule has 1 aliphatic heterocycles. The summed E-state index contributed by atoms with van der Waals surface area (Å²) in [6.07, 6.45) is -0.737. The maximum atomic E-state index is 12.8. The molecule has 2 N–H and O–H groups in total. The van der Waals surface area contributed by atoms with Gasteiger partial charge in [-0.1, -0.05) is 30.3 Å². The van der Waals surface area contributed by atoms with Gasteiger partial charge in [-0.25, -0.2) is 18.4 Å². The molecule has 1 aliphatic rings. The van der Waals surface area contributed by atoms with E-state index in [9.17, 15) is 18.0 Å². The number of nitrogens with zero attached hydrogens (tertiary/aromatic N) is 2. The van der Waals surface area contributed by atoms with Crippen LogP contribution in [0.3, 0.4) is 0 Å². The van der Waals surface area contributed by atoms with Crippen LogP contribution in [-0.4, -0.2) is 39.1 Å². The Labute approximate surface area is 182 Å². The number of carbonyl (C=O) groups excluding carboxylic acids is 2.